The van der Waals surface area contributed by atoms with Gasteiger partial charge in [0.2, 0.25) is 0 Å². The van der Waals surface area contributed by atoms with Gasteiger partial charge < -0.3 is 4.90 Å². The van der Waals surface area contributed by atoms with Crippen LogP contribution in [0.1, 0.15) is 19.3 Å². The van der Waals surface area contributed by atoms with Crippen LogP contribution in [0.4, 0.5) is 0 Å². The van der Waals surface area contributed by atoms with Gasteiger partial charge in [-0.1, -0.05) is 0 Å². The molecule has 0 aromatic rings. The predicted molar refractivity (Wildman–Crippen MR) is 41.0 cm³/mol. The van der Waals surface area contributed by atoms with Crippen LogP contribution >= 0.6 is 11.6 Å². The molecule has 1 rings (SSSR count). The van der Waals surface area contributed by atoms with Crippen LogP contribution in [-0.4, -0.2) is 30.4 Å². The highest BCUT2D eigenvalue weighted by molar-refractivity contribution is 6.17. The predicted octanol–water partition coefficient (Wildman–Crippen LogP) is 1.71. The van der Waals surface area contributed by atoms with Gasteiger partial charge in [0.25, 0.3) is 0 Å². The summed E-state index contributed by atoms with van der Waals surface area (Å²) in [5, 5.41) is 0. The van der Waals surface area contributed by atoms with Crippen molar-refractivity contribution in [3.8, 4) is 0 Å². The van der Waals surface area contributed by atoms with Crippen LogP contribution in [0.15, 0.2) is 0 Å². The molecule has 1 fully saturated rings. The summed E-state index contributed by atoms with van der Waals surface area (Å²) in [5.41, 5.74) is 0. The van der Waals surface area contributed by atoms with E-state index in [1.54, 1.807) is 0 Å². The minimum atomic E-state index is 0.827. The van der Waals surface area contributed by atoms with Crippen LogP contribution < -0.4 is 0 Å². The van der Waals surface area contributed by atoms with Gasteiger partial charge in [0, 0.05) is 5.88 Å². The first-order valence-electron chi connectivity index (χ1n) is 3.72. The second-order valence-electron chi connectivity index (χ2n) is 2.59. The van der Waals surface area contributed by atoms with Crippen molar-refractivity contribution in [1.29, 1.82) is 0 Å². The molecule has 0 atom stereocenters. The Balaban J connectivity index is 1.80. The van der Waals surface area contributed by atoms with Gasteiger partial charge in [-0.25, -0.2) is 0 Å². The van der Waals surface area contributed by atoms with E-state index in [0.29, 0.717) is 0 Å². The van der Waals surface area contributed by atoms with Gasteiger partial charge in [-0.15, -0.1) is 11.6 Å². The molecule has 0 aliphatic carbocycles. The van der Waals surface area contributed by atoms with Gasteiger partial charge in [-0.05, 0) is 38.9 Å². The summed E-state index contributed by atoms with van der Waals surface area (Å²) in [7, 11) is 0. The number of halogens is 1. The van der Waals surface area contributed by atoms with Gasteiger partial charge in [0.15, 0.2) is 0 Å². The molecule has 9 heavy (non-hydrogen) atoms. The summed E-state index contributed by atoms with van der Waals surface area (Å²) in [6.07, 6.45) is 3.86. The van der Waals surface area contributed by atoms with Crippen molar-refractivity contribution in [2.45, 2.75) is 19.3 Å². The van der Waals surface area contributed by atoms with E-state index < -0.39 is 0 Å². The first kappa shape index (κ1) is 7.36. The quantitative estimate of drug-likeness (QED) is 0.432. The average molecular weight is 148 g/mol. The Morgan fingerprint density at radius 3 is 2.44 bits per heavy atom. The zero-order valence-electron chi connectivity index (χ0n) is 5.77. The first-order chi connectivity index (χ1) is 4.43. The van der Waals surface area contributed by atoms with Crippen LogP contribution in [0.3, 0.4) is 0 Å². The fourth-order valence-electron chi connectivity index (χ4n) is 1.04. The summed E-state index contributed by atoms with van der Waals surface area (Å²) in [4.78, 5) is 2.48. The minimum Gasteiger partial charge on any atom is -0.303 e. The highest BCUT2D eigenvalue weighted by Crippen LogP contribution is 2.06. The molecule has 1 saturated heterocycles. The normalized spacial score (nSPS) is 19.7. The molecule has 1 nitrogen and oxygen atoms in total. The molecule has 0 aromatic carbocycles. The van der Waals surface area contributed by atoms with Crippen LogP contribution in [0.2, 0.25) is 0 Å². The van der Waals surface area contributed by atoms with E-state index in [9.17, 15) is 0 Å². The molecular weight excluding hydrogens is 134 g/mol. The molecule has 54 valence electrons. The summed E-state index contributed by atoms with van der Waals surface area (Å²) in [6.45, 7) is 3.91. The summed E-state index contributed by atoms with van der Waals surface area (Å²) in [5.74, 6) is 0.827. The third-order valence-corrected chi connectivity index (χ3v) is 2.07. The Bertz CT molecular complexity index is 71.3. The van der Waals surface area contributed by atoms with E-state index in [4.69, 9.17) is 11.6 Å². The molecule has 0 spiro atoms. The van der Waals surface area contributed by atoms with E-state index in [-0.39, 0.29) is 0 Å². The average Bonchev–Trinajstić information content (AvgIpc) is 1.76. The largest absolute Gasteiger partial charge is 0.303 e. The van der Waals surface area contributed by atoms with Crippen LogP contribution in [0.25, 0.3) is 0 Å². The van der Waals surface area contributed by atoms with E-state index in [1.807, 2.05) is 0 Å². The lowest BCUT2D eigenvalue weighted by Gasteiger charge is -2.30. The summed E-state index contributed by atoms with van der Waals surface area (Å²) < 4.78 is 0. The molecule has 0 saturated carbocycles. The number of unbranched alkanes of at least 4 members (excludes halogenated alkanes) is 1. The number of nitrogens with zero attached hydrogens (tertiary/aromatic N) is 1. The fourth-order valence-corrected chi connectivity index (χ4v) is 1.22. The number of rotatable bonds is 4. The second kappa shape index (κ2) is 4.13. The van der Waals surface area contributed by atoms with Crippen molar-refractivity contribution in [2.75, 3.05) is 25.5 Å². The lowest BCUT2D eigenvalue weighted by molar-refractivity contribution is 0.179. The van der Waals surface area contributed by atoms with Gasteiger partial charge >= 0.3 is 0 Å². The van der Waals surface area contributed by atoms with Crippen molar-refractivity contribution in [3.63, 3.8) is 0 Å². The smallest absolute Gasteiger partial charge is 0.0223 e. The van der Waals surface area contributed by atoms with Crippen LogP contribution in [-0.2, 0) is 0 Å². The van der Waals surface area contributed by atoms with E-state index in [1.165, 1.54) is 38.9 Å². The monoisotopic (exact) mass is 147 g/mol. The maximum Gasteiger partial charge on any atom is 0.0223 e. The van der Waals surface area contributed by atoms with E-state index >= 15 is 0 Å². The van der Waals surface area contributed by atoms with Crippen molar-refractivity contribution in [2.24, 2.45) is 0 Å². The van der Waals surface area contributed by atoms with E-state index in [2.05, 4.69) is 4.90 Å². The maximum absolute atomic E-state index is 5.53. The van der Waals surface area contributed by atoms with Gasteiger partial charge in [0.1, 0.15) is 0 Å². The van der Waals surface area contributed by atoms with Crippen molar-refractivity contribution < 1.29 is 0 Å². The SMILES string of the molecule is ClCCCCN1CCC1. The lowest BCUT2D eigenvalue weighted by Crippen LogP contribution is -2.37. The lowest BCUT2D eigenvalue weighted by atomic mass is 10.2. The standard InChI is InChI=1S/C7H14ClN/c8-4-1-2-5-9-6-3-7-9/h1-7H2. The zero-order valence-corrected chi connectivity index (χ0v) is 6.53. The Labute approximate surface area is 62.0 Å². The molecule has 0 radical (unpaired) electrons. The molecular formula is C7H14ClN. The number of alkyl halides is 1. The van der Waals surface area contributed by atoms with Crippen molar-refractivity contribution in [3.05, 3.63) is 0 Å². The van der Waals surface area contributed by atoms with Gasteiger partial charge in [-0.2, -0.15) is 0 Å². The molecule has 0 unspecified atom stereocenters. The highest BCUT2D eigenvalue weighted by Gasteiger charge is 2.11. The number of hydrogen-bond donors (Lipinski definition) is 0. The molecule has 0 bridgehead atoms. The van der Waals surface area contributed by atoms with Crippen molar-refractivity contribution >= 4 is 11.6 Å². The number of likely N-dealkylation sites (tertiary alicyclic amines) is 1. The zero-order chi connectivity index (χ0) is 6.53. The molecule has 0 aromatic heterocycles. The summed E-state index contributed by atoms with van der Waals surface area (Å²) >= 11 is 5.53. The topological polar surface area (TPSA) is 3.24 Å². The Morgan fingerprint density at radius 1 is 1.22 bits per heavy atom. The van der Waals surface area contributed by atoms with Crippen LogP contribution in [0, 0.1) is 0 Å². The van der Waals surface area contributed by atoms with Crippen molar-refractivity contribution in [1.82, 2.24) is 4.90 Å². The Kier molecular flexibility index (Phi) is 3.37. The molecule has 2 heteroatoms. The van der Waals surface area contributed by atoms with Crippen LogP contribution in [0.5, 0.6) is 0 Å². The molecule has 1 heterocycles. The van der Waals surface area contributed by atoms with Gasteiger partial charge in [0.05, 0.1) is 0 Å². The van der Waals surface area contributed by atoms with E-state index in [0.717, 1.165) is 5.88 Å². The maximum atomic E-state index is 5.53. The fraction of sp³-hybridized carbons (Fsp3) is 1.00. The Hall–Kier alpha value is 0.250. The Morgan fingerprint density at radius 2 is 2.00 bits per heavy atom. The second-order valence-corrected chi connectivity index (χ2v) is 2.97. The highest BCUT2D eigenvalue weighted by atomic mass is 35.5. The molecule has 1 aliphatic rings. The minimum absolute atomic E-state index is 0.827. The number of hydrogen-bond acceptors (Lipinski definition) is 1. The molecule has 0 amide bonds. The summed E-state index contributed by atoms with van der Waals surface area (Å²) in [6, 6.07) is 0. The molecule has 1 aliphatic heterocycles. The third kappa shape index (κ3) is 2.55. The van der Waals surface area contributed by atoms with Gasteiger partial charge in [-0.3, -0.25) is 0 Å². The first-order valence-corrected chi connectivity index (χ1v) is 4.25. The molecule has 0 N–H and O–H groups in total. The third-order valence-electron chi connectivity index (χ3n) is 1.81.